The van der Waals surface area contributed by atoms with Crippen molar-refractivity contribution in [2.75, 3.05) is 11.5 Å². The minimum atomic E-state index is -2.83. The number of carbonyl (C=O) groups is 1. The Bertz CT molecular complexity index is 490. The molecule has 2 heterocycles. The highest BCUT2D eigenvalue weighted by molar-refractivity contribution is 7.91. The molecule has 0 aliphatic carbocycles. The Kier molecular flexibility index (Phi) is 3.12. The van der Waals surface area contributed by atoms with Crippen LogP contribution in [0.15, 0.2) is 0 Å². The van der Waals surface area contributed by atoms with Crippen molar-refractivity contribution in [1.82, 2.24) is 4.98 Å². The highest BCUT2D eigenvalue weighted by Gasteiger charge is 2.27. The van der Waals surface area contributed by atoms with Crippen molar-refractivity contribution >= 4 is 27.5 Å². The number of nitrogens with zero attached hydrogens (tertiary/aromatic N) is 1. The second kappa shape index (κ2) is 4.25. The topological polar surface area (TPSA) is 64.1 Å². The van der Waals surface area contributed by atoms with Gasteiger partial charge < -0.3 is 0 Å². The van der Waals surface area contributed by atoms with Crippen molar-refractivity contribution in [3.63, 3.8) is 0 Å². The normalized spacial score (nSPS) is 20.8. The lowest BCUT2D eigenvalue weighted by Crippen LogP contribution is -2.22. The van der Waals surface area contributed by atoms with E-state index in [2.05, 4.69) is 4.98 Å². The van der Waals surface area contributed by atoms with Gasteiger partial charge in [-0.2, -0.15) is 0 Å². The third-order valence-electron chi connectivity index (χ3n) is 2.86. The molecule has 16 heavy (non-hydrogen) atoms. The van der Waals surface area contributed by atoms with E-state index in [0.717, 1.165) is 17.0 Å². The predicted octanol–water partition coefficient (Wildman–Crippen LogP) is 1.56. The summed E-state index contributed by atoms with van der Waals surface area (Å²) in [6.07, 6.45) is 2.08. The number of rotatable bonds is 2. The van der Waals surface area contributed by atoms with Gasteiger partial charge in [-0.3, -0.25) is 4.79 Å². The van der Waals surface area contributed by atoms with E-state index in [1.807, 2.05) is 6.92 Å². The summed E-state index contributed by atoms with van der Waals surface area (Å²) in [6, 6.07) is 0. The average Bonchev–Trinajstić information content (AvgIpc) is 2.59. The van der Waals surface area contributed by atoms with Gasteiger partial charge in [0, 0.05) is 5.92 Å². The lowest BCUT2D eigenvalue weighted by molar-refractivity contribution is 0.112. The molecule has 1 aliphatic rings. The quantitative estimate of drug-likeness (QED) is 0.756. The third kappa shape index (κ3) is 2.32. The summed E-state index contributed by atoms with van der Waals surface area (Å²) in [4.78, 5) is 15.7. The van der Waals surface area contributed by atoms with Gasteiger partial charge in [-0.05, 0) is 19.8 Å². The van der Waals surface area contributed by atoms with Crippen LogP contribution in [-0.4, -0.2) is 31.2 Å². The van der Waals surface area contributed by atoms with Crippen LogP contribution in [0.2, 0.25) is 0 Å². The summed E-state index contributed by atoms with van der Waals surface area (Å²) >= 11 is 1.39. The molecule has 0 amide bonds. The first-order valence-electron chi connectivity index (χ1n) is 5.15. The number of aldehydes is 1. The van der Waals surface area contributed by atoms with Gasteiger partial charge in [-0.15, -0.1) is 11.3 Å². The molecule has 88 valence electrons. The van der Waals surface area contributed by atoms with Gasteiger partial charge in [-0.1, -0.05) is 0 Å². The van der Waals surface area contributed by atoms with Crippen molar-refractivity contribution in [2.45, 2.75) is 25.7 Å². The summed E-state index contributed by atoms with van der Waals surface area (Å²) in [5.41, 5.74) is 0.753. The van der Waals surface area contributed by atoms with Gasteiger partial charge >= 0.3 is 0 Å². The molecule has 0 aromatic carbocycles. The molecule has 0 bridgehead atoms. The molecule has 1 saturated heterocycles. The van der Waals surface area contributed by atoms with Gasteiger partial charge in [-0.25, -0.2) is 13.4 Å². The van der Waals surface area contributed by atoms with Crippen molar-refractivity contribution in [2.24, 2.45) is 0 Å². The molecule has 1 aromatic rings. The summed E-state index contributed by atoms with van der Waals surface area (Å²) in [6.45, 7) is 1.81. The summed E-state index contributed by atoms with van der Waals surface area (Å²) < 4.78 is 22.6. The van der Waals surface area contributed by atoms with Gasteiger partial charge in [0.2, 0.25) is 0 Å². The highest BCUT2D eigenvalue weighted by Crippen LogP contribution is 2.32. The Morgan fingerprint density at radius 1 is 1.38 bits per heavy atom. The summed E-state index contributed by atoms with van der Waals surface area (Å²) in [7, 11) is -2.83. The van der Waals surface area contributed by atoms with E-state index < -0.39 is 9.84 Å². The molecule has 0 saturated carbocycles. The maximum absolute atomic E-state index is 11.3. The van der Waals surface area contributed by atoms with E-state index in [1.165, 1.54) is 11.3 Å². The minimum absolute atomic E-state index is 0.209. The molecular weight excluding hydrogens is 246 g/mol. The number of hydrogen-bond donors (Lipinski definition) is 0. The van der Waals surface area contributed by atoms with Crippen LogP contribution in [0, 0.1) is 6.92 Å². The molecule has 1 aromatic heterocycles. The molecule has 0 atom stereocenters. The molecule has 0 spiro atoms. The molecule has 4 nitrogen and oxygen atoms in total. The Morgan fingerprint density at radius 3 is 2.50 bits per heavy atom. The first-order chi connectivity index (χ1) is 7.52. The van der Waals surface area contributed by atoms with E-state index in [4.69, 9.17) is 0 Å². The summed E-state index contributed by atoms with van der Waals surface area (Å²) in [5, 5.41) is 0.912. The summed E-state index contributed by atoms with van der Waals surface area (Å²) in [5.74, 6) is 0.695. The average molecular weight is 259 g/mol. The molecular formula is C10H13NO3S2. The molecule has 0 radical (unpaired) electrons. The van der Waals surface area contributed by atoms with Crippen LogP contribution >= 0.6 is 11.3 Å². The van der Waals surface area contributed by atoms with Crippen LogP contribution in [0.5, 0.6) is 0 Å². The number of aromatic nitrogens is 1. The van der Waals surface area contributed by atoms with Crippen molar-refractivity contribution in [3.05, 3.63) is 15.6 Å². The molecule has 1 aliphatic heterocycles. The van der Waals surface area contributed by atoms with Gasteiger partial charge in [0.25, 0.3) is 0 Å². The van der Waals surface area contributed by atoms with E-state index >= 15 is 0 Å². The third-order valence-corrected chi connectivity index (χ3v) is 5.82. The Morgan fingerprint density at radius 2 is 2.00 bits per heavy atom. The maximum Gasteiger partial charge on any atom is 0.161 e. The van der Waals surface area contributed by atoms with E-state index in [-0.39, 0.29) is 17.4 Å². The van der Waals surface area contributed by atoms with Crippen molar-refractivity contribution < 1.29 is 13.2 Å². The Labute approximate surface area is 98.6 Å². The smallest absolute Gasteiger partial charge is 0.161 e. The fourth-order valence-corrected chi connectivity index (χ4v) is 4.39. The molecule has 2 rings (SSSR count). The predicted molar refractivity (Wildman–Crippen MR) is 62.9 cm³/mol. The second-order valence-electron chi connectivity index (χ2n) is 4.05. The number of hydrogen-bond acceptors (Lipinski definition) is 5. The van der Waals surface area contributed by atoms with Crippen molar-refractivity contribution in [3.8, 4) is 0 Å². The molecule has 0 N–H and O–H groups in total. The van der Waals surface area contributed by atoms with E-state index in [9.17, 15) is 13.2 Å². The number of aryl methyl sites for hydroxylation is 1. The van der Waals surface area contributed by atoms with Gasteiger partial charge in [0.15, 0.2) is 6.29 Å². The second-order valence-corrected chi connectivity index (χ2v) is 7.41. The van der Waals surface area contributed by atoms with Crippen molar-refractivity contribution in [1.29, 1.82) is 0 Å². The monoisotopic (exact) mass is 259 g/mol. The lowest BCUT2D eigenvalue weighted by atomic mass is 10.0. The number of thiazole rings is 1. The van der Waals surface area contributed by atoms with E-state index in [1.54, 1.807) is 0 Å². The highest BCUT2D eigenvalue weighted by atomic mass is 32.2. The molecule has 6 heteroatoms. The fraction of sp³-hybridized carbons (Fsp3) is 0.600. The van der Waals surface area contributed by atoms with Crippen LogP contribution < -0.4 is 0 Å². The van der Waals surface area contributed by atoms with Gasteiger partial charge in [0.1, 0.15) is 9.84 Å². The number of sulfone groups is 1. The maximum atomic E-state index is 11.3. The van der Waals surface area contributed by atoms with Crippen LogP contribution in [0.25, 0.3) is 0 Å². The zero-order valence-corrected chi connectivity index (χ0v) is 10.6. The lowest BCUT2D eigenvalue weighted by Gasteiger charge is -2.19. The fourth-order valence-electron chi connectivity index (χ4n) is 1.85. The van der Waals surface area contributed by atoms with Crippen LogP contribution in [-0.2, 0) is 9.84 Å². The first kappa shape index (κ1) is 11.7. The van der Waals surface area contributed by atoms with Gasteiger partial charge in [0.05, 0.1) is 27.1 Å². The Hall–Kier alpha value is -0.750. The Balaban J connectivity index is 2.17. The minimum Gasteiger partial charge on any atom is -0.297 e. The SMILES string of the molecule is Cc1nc(C2CCS(=O)(=O)CC2)sc1C=O. The first-order valence-corrected chi connectivity index (χ1v) is 7.78. The van der Waals surface area contributed by atoms with Crippen LogP contribution in [0.1, 0.15) is 39.1 Å². The standard InChI is InChI=1S/C10H13NO3S2/c1-7-9(6-12)15-10(11-7)8-2-4-16(13,14)5-3-8/h6,8H,2-5H2,1H3. The van der Waals surface area contributed by atoms with Crippen LogP contribution in [0.3, 0.4) is 0 Å². The zero-order chi connectivity index (χ0) is 11.8. The van der Waals surface area contributed by atoms with E-state index in [0.29, 0.717) is 17.7 Å². The molecule has 1 fully saturated rings. The van der Waals surface area contributed by atoms with Crippen LogP contribution in [0.4, 0.5) is 0 Å². The largest absolute Gasteiger partial charge is 0.297 e. The molecule has 0 unspecified atom stereocenters. The number of carbonyl (C=O) groups excluding carboxylic acids is 1. The zero-order valence-electron chi connectivity index (χ0n) is 8.97.